The number of alkyl halides is 3. The molecule has 4 aromatic rings. The van der Waals surface area contributed by atoms with E-state index < -0.39 is 17.8 Å². The lowest BCUT2D eigenvalue weighted by Crippen LogP contribution is -2.34. The van der Waals surface area contributed by atoms with Gasteiger partial charge in [0.05, 0.1) is 42.1 Å². The van der Waals surface area contributed by atoms with Crippen molar-refractivity contribution in [2.24, 2.45) is 0 Å². The lowest BCUT2D eigenvalue weighted by atomic mass is 9.99. The zero-order valence-corrected chi connectivity index (χ0v) is 20.0. The topological polar surface area (TPSA) is 107 Å². The number of pyridine rings is 2. The Hall–Kier alpha value is -4.12. The van der Waals surface area contributed by atoms with Crippen molar-refractivity contribution in [1.82, 2.24) is 24.8 Å². The van der Waals surface area contributed by atoms with E-state index in [-0.39, 0.29) is 18.6 Å². The molecule has 8 nitrogen and oxygen atoms in total. The van der Waals surface area contributed by atoms with E-state index in [2.05, 4.69) is 19.9 Å². The molecule has 37 heavy (non-hydrogen) atoms. The number of rotatable bonds is 5. The Morgan fingerprint density at radius 1 is 1.19 bits per heavy atom. The molecule has 0 fully saturated rings. The fraction of sp³-hybridized carbons (Fsp3) is 0.269. The van der Waals surface area contributed by atoms with Crippen LogP contribution < -0.4 is 5.73 Å². The highest BCUT2D eigenvalue weighted by Crippen LogP contribution is 2.38. The second kappa shape index (κ2) is 9.40. The molecule has 2 atom stereocenters. The first kappa shape index (κ1) is 24.6. The molecule has 1 aromatic carbocycles. The maximum absolute atomic E-state index is 13.9. The summed E-state index contributed by atoms with van der Waals surface area (Å²) in [4.78, 5) is 32.3. The molecule has 3 aromatic heterocycles. The van der Waals surface area contributed by atoms with Crippen molar-refractivity contribution in [1.29, 1.82) is 0 Å². The molecule has 0 radical (unpaired) electrons. The number of amides is 1. The molecule has 11 heteroatoms. The second-order valence-electron chi connectivity index (χ2n) is 8.83. The van der Waals surface area contributed by atoms with E-state index in [1.807, 2.05) is 6.92 Å². The third-order valence-electron chi connectivity index (χ3n) is 6.47. The van der Waals surface area contributed by atoms with Crippen LogP contribution in [0.2, 0.25) is 0 Å². The van der Waals surface area contributed by atoms with Crippen LogP contribution in [0, 0.1) is 0 Å². The Labute approximate surface area is 210 Å². The van der Waals surface area contributed by atoms with Crippen LogP contribution in [0.25, 0.3) is 10.9 Å². The molecule has 1 aliphatic rings. The van der Waals surface area contributed by atoms with Crippen molar-refractivity contribution in [2.45, 2.75) is 45.3 Å². The lowest BCUT2D eigenvalue weighted by molar-refractivity contribution is -0.137. The number of nitrogens with zero attached hydrogens (tertiary/aromatic N) is 5. The Balaban J connectivity index is 1.54. The number of nitrogen functional groups attached to an aromatic ring is 1. The van der Waals surface area contributed by atoms with E-state index in [4.69, 9.17) is 10.5 Å². The summed E-state index contributed by atoms with van der Waals surface area (Å²) in [6.45, 7) is 3.95. The van der Waals surface area contributed by atoms with E-state index in [9.17, 15) is 18.0 Å². The Morgan fingerprint density at radius 3 is 2.62 bits per heavy atom. The summed E-state index contributed by atoms with van der Waals surface area (Å²) in [6, 6.07) is 8.40. The summed E-state index contributed by atoms with van der Waals surface area (Å²) in [5.74, 6) is 0.429. The molecule has 1 amide bonds. The first-order valence-electron chi connectivity index (χ1n) is 11.6. The fourth-order valence-corrected chi connectivity index (χ4v) is 4.48. The average molecular weight is 509 g/mol. The zero-order chi connectivity index (χ0) is 26.3. The fourth-order valence-electron chi connectivity index (χ4n) is 4.48. The second-order valence-corrected chi connectivity index (χ2v) is 8.83. The highest BCUT2D eigenvalue weighted by atomic mass is 19.4. The van der Waals surface area contributed by atoms with Crippen LogP contribution >= 0.6 is 0 Å². The van der Waals surface area contributed by atoms with Gasteiger partial charge < -0.3 is 15.4 Å². The smallest absolute Gasteiger partial charge is 0.383 e. The highest BCUT2D eigenvalue weighted by Gasteiger charge is 2.32. The molecular weight excluding hydrogens is 485 g/mol. The van der Waals surface area contributed by atoms with Gasteiger partial charge in [0, 0.05) is 35.1 Å². The Morgan fingerprint density at radius 2 is 1.95 bits per heavy atom. The lowest BCUT2D eigenvalue weighted by Gasteiger charge is -2.28. The number of halogens is 3. The molecule has 5 rings (SSSR count). The number of hydrogen-bond donors (Lipinski definition) is 1. The first-order chi connectivity index (χ1) is 17.6. The molecule has 0 saturated heterocycles. The molecule has 4 heterocycles. The first-order valence-corrected chi connectivity index (χ1v) is 11.6. The van der Waals surface area contributed by atoms with Crippen molar-refractivity contribution in [3.05, 3.63) is 88.8 Å². The van der Waals surface area contributed by atoms with E-state index in [0.29, 0.717) is 35.0 Å². The van der Waals surface area contributed by atoms with Crippen LogP contribution in [-0.2, 0) is 24.1 Å². The molecule has 0 bridgehead atoms. The van der Waals surface area contributed by atoms with E-state index in [1.54, 1.807) is 43.6 Å². The highest BCUT2D eigenvalue weighted by molar-refractivity contribution is 5.99. The average Bonchev–Trinajstić information content (AvgIpc) is 3.29. The van der Waals surface area contributed by atoms with Gasteiger partial charge in [-0.15, -0.1) is 0 Å². The molecular formula is C26H23F3N6O2. The van der Waals surface area contributed by atoms with Gasteiger partial charge in [0.2, 0.25) is 0 Å². The number of aromatic nitrogens is 4. The number of carbonyl (C=O) groups is 1. The summed E-state index contributed by atoms with van der Waals surface area (Å²) in [6.07, 6.45) is -0.819. The van der Waals surface area contributed by atoms with Gasteiger partial charge in [-0.25, -0.2) is 15.0 Å². The standard InChI is InChI=1S/C26H23F3N6O2/c1-14(24-31-8-3-9-32-24)35(12-18-6-5-17(11-33-18)26(27,28)29)25(36)16-4-7-21-19(10-16)20-13-37-15(2)22(20)23(30)34-21/h3-11,14-15H,12-13H2,1-2H3,(H2,30,34)/t14-,15-/m1/s1. The molecule has 1 aliphatic heterocycles. The molecule has 0 aliphatic carbocycles. The summed E-state index contributed by atoms with van der Waals surface area (Å²) in [5, 5.41) is 0.760. The minimum atomic E-state index is -4.50. The molecule has 0 saturated carbocycles. The summed E-state index contributed by atoms with van der Waals surface area (Å²) >= 11 is 0. The molecule has 2 N–H and O–H groups in total. The number of carbonyl (C=O) groups excluding carboxylic acids is 1. The van der Waals surface area contributed by atoms with Crippen LogP contribution in [0.3, 0.4) is 0 Å². The van der Waals surface area contributed by atoms with Crippen molar-refractivity contribution in [2.75, 3.05) is 5.73 Å². The van der Waals surface area contributed by atoms with Gasteiger partial charge in [-0.05, 0) is 55.8 Å². The maximum atomic E-state index is 13.9. The van der Waals surface area contributed by atoms with Crippen LogP contribution in [0.1, 0.15) is 64.6 Å². The van der Waals surface area contributed by atoms with Gasteiger partial charge in [0.15, 0.2) is 0 Å². The van der Waals surface area contributed by atoms with E-state index in [0.717, 1.165) is 28.8 Å². The third kappa shape index (κ3) is 4.69. The quantitative estimate of drug-likeness (QED) is 0.404. The van der Waals surface area contributed by atoms with E-state index in [1.165, 1.54) is 11.0 Å². The Bertz CT molecular complexity index is 1460. The predicted octanol–water partition coefficient (Wildman–Crippen LogP) is 5.02. The van der Waals surface area contributed by atoms with Crippen LogP contribution in [0.5, 0.6) is 0 Å². The van der Waals surface area contributed by atoms with Crippen molar-refractivity contribution >= 4 is 22.6 Å². The number of ether oxygens (including phenoxy) is 1. The SMILES string of the molecule is C[C@H](c1ncccn1)N(Cc1ccc(C(F)(F)F)cn1)C(=O)c1ccc2nc(N)c3c(c2c1)CO[C@@H]3C. The van der Waals surface area contributed by atoms with Gasteiger partial charge in [0.1, 0.15) is 11.6 Å². The number of anilines is 1. The minimum absolute atomic E-state index is 0.0489. The minimum Gasteiger partial charge on any atom is -0.383 e. The van der Waals surface area contributed by atoms with Crippen LogP contribution in [0.15, 0.2) is 55.0 Å². The number of hydrogen-bond acceptors (Lipinski definition) is 7. The Kier molecular flexibility index (Phi) is 6.24. The van der Waals surface area contributed by atoms with Gasteiger partial charge in [-0.1, -0.05) is 0 Å². The summed E-state index contributed by atoms with van der Waals surface area (Å²) in [7, 11) is 0. The van der Waals surface area contributed by atoms with Gasteiger partial charge in [-0.3, -0.25) is 9.78 Å². The number of benzene rings is 1. The number of fused-ring (bicyclic) bond motifs is 3. The third-order valence-corrected chi connectivity index (χ3v) is 6.47. The van der Waals surface area contributed by atoms with Crippen molar-refractivity contribution < 1.29 is 22.7 Å². The predicted molar refractivity (Wildman–Crippen MR) is 129 cm³/mol. The van der Waals surface area contributed by atoms with Crippen molar-refractivity contribution in [3.8, 4) is 0 Å². The normalized spacial score (nSPS) is 16.0. The monoisotopic (exact) mass is 508 g/mol. The van der Waals surface area contributed by atoms with Crippen LogP contribution in [-0.4, -0.2) is 30.7 Å². The zero-order valence-electron chi connectivity index (χ0n) is 20.0. The van der Waals surface area contributed by atoms with Crippen LogP contribution in [0.4, 0.5) is 19.0 Å². The van der Waals surface area contributed by atoms with Gasteiger partial charge >= 0.3 is 6.18 Å². The largest absolute Gasteiger partial charge is 0.417 e. The molecule has 0 spiro atoms. The molecule has 0 unspecified atom stereocenters. The summed E-state index contributed by atoms with van der Waals surface area (Å²) < 4.78 is 44.8. The molecule has 190 valence electrons. The maximum Gasteiger partial charge on any atom is 0.417 e. The van der Waals surface area contributed by atoms with Gasteiger partial charge in [0.25, 0.3) is 5.91 Å². The number of nitrogens with two attached hydrogens (primary N) is 1. The van der Waals surface area contributed by atoms with E-state index >= 15 is 0 Å². The van der Waals surface area contributed by atoms with Crippen molar-refractivity contribution in [3.63, 3.8) is 0 Å². The van der Waals surface area contributed by atoms with Gasteiger partial charge in [-0.2, -0.15) is 13.2 Å². The summed E-state index contributed by atoms with van der Waals surface area (Å²) in [5.41, 5.74) is 8.29.